The molecule has 0 aliphatic rings. The van der Waals surface area contributed by atoms with Crippen molar-refractivity contribution in [1.29, 1.82) is 0 Å². The molecule has 96 valence electrons. The Balaban J connectivity index is 2.54. The summed E-state index contributed by atoms with van der Waals surface area (Å²) in [6, 6.07) is 9.05. The Morgan fingerprint density at radius 2 is 1.88 bits per heavy atom. The molecule has 0 fully saturated rings. The maximum Gasteiger partial charge on any atom is 0.0746 e. The van der Waals surface area contributed by atoms with Crippen molar-refractivity contribution in [3.8, 4) is 0 Å². The fraction of sp³-hybridized carbons (Fsp3) is 0.571. The highest BCUT2D eigenvalue weighted by atomic mass is 32.2. The molecule has 1 N–H and O–H groups in total. The smallest absolute Gasteiger partial charge is 0.0746 e. The van der Waals surface area contributed by atoms with Crippen molar-refractivity contribution in [3.05, 3.63) is 29.8 Å². The second-order valence-electron chi connectivity index (χ2n) is 4.84. The lowest BCUT2D eigenvalue weighted by molar-refractivity contribution is 0.0214. The molecule has 2 nitrogen and oxygen atoms in total. The number of hydrogen-bond acceptors (Lipinski definition) is 3. The van der Waals surface area contributed by atoms with E-state index in [9.17, 15) is 0 Å². The van der Waals surface area contributed by atoms with Crippen LogP contribution in [-0.2, 0) is 4.74 Å². The summed E-state index contributed by atoms with van der Waals surface area (Å²) < 4.78 is 5.39. The normalized spacial score (nSPS) is 13.7. The van der Waals surface area contributed by atoms with Gasteiger partial charge in [-0.1, -0.05) is 12.1 Å². The van der Waals surface area contributed by atoms with E-state index in [1.165, 1.54) is 10.5 Å². The molecule has 0 spiro atoms. The summed E-state index contributed by atoms with van der Waals surface area (Å²) in [6.07, 6.45) is 2.10. The molecule has 17 heavy (non-hydrogen) atoms. The summed E-state index contributed by atoms with van der Waals surface area (Å²) in [6.45, 7) is 7.20. The molecule has 0 saturated carbocycles. The van der Waals surface area contributed by atoms with Crippen LogP contribution in [0.15, 0.2) is 29.2 Å². The van der Waals surface area contributed by atoms with E-state index in [0.29, 0.717) is 6.04 Å². The molecule has 0 heterocycles. The van der Waals surface area contributed by atoms with Crippen LogP contribution >= 0.6 is 11.8 Å². The van der Waals surface area contributed by atoms with E-state index >= 15 is 0 Å². The maximum absolute atomic E-state index is 5.39. The predicted octanol–water partition coefficient (Wildman–Crippen LogP) is 3.48. The molecule has 0 saturated heterocycles. The standard InChI is InChI=1S/C14H23NOS/c1-11(15-10-14(2,3)16-4)12-6-8-13(17-5)9-7-12/h6-9,11,15H,10H2,1-5H3. The van der Waals surface area contributed by atoms with E-state index < -0.39 is 0 Å². The van der Waals surface area contributed by atoms with Gasteiger partial charge in [0.2, 0.25) is 0 Å². The Hall–Kier alpha value is -0.510. The Kier molecular flexibility index (Phi) is 5.50. The zero-order valence-electron chi connectivity index (χ0n) is 11.4. The van der Waals surface area contributed by atoms with E-state index in [1.807, 2.05) is 0 Å². The molecule has 1 aromatic carbocycles. The SMILES string of the molecule is COC(C)(C)CNC(C)c1ccc(SC)cc1. The summed E-state index contributed by atoms with van der Waals surface area (Å²) in [5.74, 6) is 0. The summed E-state index contributed by atoms with van der Waals surface area (Å²) in [5, 5.41) is 3.50. The van der Waals surface area contributed by atoms with Gasteiger partial charge in [0.15, 0.2) is 0 Å². The Labute approximate surface area is 109 Å². The molecule has 0 aromatic heterocycles. The lowest BCUT2D eigenvalue weighted by Crippen LogP contribution is -2.37. The van der Waals surface area contributed by atoms with Crippen molar-refractivity contribution >= 4 is 11.8 Å². The molecule has 1 atom stereocenters. The molecule has 3 heteroatoms. The average molecular weight is 253 g/mol. The predicted molar refractivity (Wildman–Crippen MR) is 75.7 cm³/mol. The van der Waals surface area contributed by atoms with Gasteiger partial charge in [0.05, 0.1) is 5.60 Å². The second kappa shape index (κ2) is 6.43. The number of nitrogens with one attached hydrogen (secondary N) is 1. The van der Waals surface area contributed by atoms with Gasteiger partial charge in [-0.2, -0.15) is 0 Å². The van der Waals surface area contributed by atoms with Crippen molar-refractivity contribution in [2.75, 3.05) is 19.9 Å². The van der Waals surface area contributed by atoms with Gasteiger partial charge in [-0.3, -0.25) is 0 Å². The van der Waals surface area contributed by atoms with Crippen LogP contribution in [0.5, 0.6) is 0 Å². The zero-order chi connectivity index (χ0) is 12.9. The Morgan fingerprint density at radius 3 is 2.35 bits per heavy atom. The van der Waals surface area contributed by atoms with Crippen molar-refractivity contribution in [2.45, 2.75) is 37.3 Å². The fourth-order valence-corrected chi connectivity index (χ4v) is 1.89. The molecule has 0 bridgehead atoms. The molecule has 0 aliphatic carbocycles. The van der Waals surface area contributed by atoms with Crippen LogP contribution in [0, 0.1) is 0 Å². The van der Waals surface area contributed by atoms with Crippen LogP contribution in [0.1, 0.15) is 32.4 Å². The molecule has 0 amide bonds. The van der Waals surface area contributed by atoms with Gasteiger partial charge in [-0.05, 0) is 44.7 Å². The average Bonchev–Trinajstić information content (AvgIpc) is 2.36. The van der Waals surface area contributed by atoms with E-state index in [1.54, 1.807) is 18.9 Å². The highest BCUT2D eigenvalue weighted by Crippen LogP contribution is 2.19. The largest absolute Gasteiger partial charge is 0.377 e. The minimum Gasteiger partial charge on any atom is -0.377 e. The Bertz CT molecular complexity index is 335. The first-order valence-corrected chi connectivity index (χ1v) is 7.13. The zero-order valence-corrected chi connectivity index (χ0v) is 12.2. The molecular weight excluding hydrogens is 230 g/mol. The van der Waals surface area contributed by atoms with Crippen molar-refractivity contribution in [1.82, 2.24) is 5.32 Å². The third-order valence-corrected chi connectivity index (χ3v) is 3.75. The van der Waals surface area contributed by atoms with Crippen LogP contribution in [0.25, 0.3) is 0 Å². The number of ether oxygens (including phenoxy) is 1. The Morgan fingerprint density at radius 1 is 1.29 bits per heavy atom. The van der Waals surface area contributed by atoms with Crippen molar-refractivity contribution in [2.24, 2.45) is 0 Å². The summed E-state index contributed by atoms with van der Waals surface area (Å²) in [4.78, 5) is 1.30. The van der Waals surface area contributed by atoms with Gasteiger partial charge in [0, 0.05) is 24.6 Å². The van der Waals surface area contributed by atoms with E-state index in [0.717, 1.165) is 6.54 Å². The monoisotopic (exact) mass is 253 g/mol. The fourth-order valence-electron chi connectivity index (χ4n) is 1.48. The van der Waals surface area contributed by atoms with Gasteiger partial charge < -0.3 is 10.1 Å². The minimum absolute atomic E-state index is 0.118. The van der Waals surface area contributed by atoms with E-state index in [4.69, 9.17) is 4.74 Å². The summed E-state index contributed by atoms with van der Waals surface area (Å²) in [7, 11) is 1.75. The second-order valence-corrected chi connectivity index (χ2v) is 5.72. The first-order chi connectivity index (χ1) is 7.98. The summed E-state index contributed by atoms with van der Waals surface area (Å²) >= 11 is 1.77. The van der Waals surface area contributed by atoms with Gasteiger partial charge >= 0.3 is 0 Å². The first-order valence-electron chi connectivity index (χ1n) is 5.91. The molecule has 0 radical (unpaired) electrons. The van der Waals surface area contributed by atoms with Crippen LogP contribution in [-0.4, -0.2) is 25.5 Å². The van der Waals surface area contributed by atoms with E-state index in [-0.39, 0.29) is 5.60 Å². The van der Waals surface area contributed by atoms with Gasteiger partial charge in [-0.15, -0.1) is 11.8 Å². The van der Waals surface area contributed by atoms with Crippen LogP contribution in [0.2, 0.25) is 0 Å². The number of methoxy groups -OCH3 is 1. The third-order valence-electron chi connectivity index (χ3n) is 3.00. The molecule has 1 unspecified atom stereocenters. The van der Waals surface area contributed by atoms with Gasteiger partial charge in [0.25, 0.3) is 0 Å². The van der Waals surface area contributed by atoms with Crippen LogP contribution in [0.3, 0.4) is 0 Å². The lowest BCUT2D eigenvalue weighted by Gasteiger charge is -2.26. The van der Waals surface area contributed by atoms with Gasteiger partial charge in [0.1, 0.15) is 0 Å². The third kappa shape index (κ3) is 4.70. The minimum atomic E-state index is -0.118. The highest BCUT2D eigenvalue weighted by molar-refractivity contribution is 7.98. The highest BCUT2D eigenvalue weighted by Gasteiger charge is 2.17. The van der Waals surface area contributed by atoms with E-state index in [2.05, 4.69) is 56.6 Å². The number of benzene rings is 1. The van der Waals surface area contributed by atoms with Crippen LogP contribution in [0.4, 0.5) is 0 Å². The van der Waals surface area contributed by atoms with Crippen LogP contribution < -0.4 is 5.32 Å². The van der Waals surface area contributed by atoms with Gasteiger partial charge in [-0.25, -0.2) is 0 Å². The molecule has 1 aromatic rings. The molecular formula is C14H23NOS. The summed E-state index contributed by atoms with van der Waals surface area (Å²) in [5.41, 5.74) is 1.20. The number of thioether (sulfide) groups is 1. The lowest BCUT2D eigenvalue weighted by atomic mass is 10.1. The van der Waals surface area contributed by atoms with Crippen molar-refractivity contribution in [3.63, 3.8) is 0 Å². The topological polar surface area (TPSA) is 21.3 Å². The number of rotatable bonds is 6. The maximum atomic E-state index is 5.39. The quantitative estimate of drug-likeness (QED) is 0.784. The molecule has 0 aliphatic heterocycles. The molecule has 1 rings (SSSR count). The first kappa shape index (κ1) is 14.6. The van der Waals surface area contributed by atoms with Crippen molar-refractivity contribution < 1.29 is 4.74 Å². The number of hydrogen-bond donors (Lipinski definition) is 1.